The van der Waals surface area contributed by atoms with Crippen LogP contribution < -0.4 is 5.32 Å². The summed E-state index contributed by atoms with van der Waals surface area (Å²) in [4.78, 5) is 10.8. The van der Waals surface area contributed by atoms with Gasteiger partial charge in [-0.25, -0.2) is 4.79 Å². The van der Waals surface area contributed by atoms with Crippen LogP contribution in [0.3, 0.4) is 0 Å². The van der Waals surface area contributed by atoms with Crippen molar-refractivity contribution in [3.05, 3.63) is 42.0 Å². The van der Waals surface area contributed by atoms with Crippen molar-refractivity contribution in [2.75, 3.05) is 11.9 Å². The number of hydrogen-bond acceptors (Lipinski definition) is 2. The van der Waals surface area contributed by atoms with Crippen LogP contribution in [0, 0.1) is 5.92 Å². The molecule has 0 heterocycles. The SMILES string of the molecule is O=C(O)c1cccc(NCC2CC=CCC2)c1. The van der Waals surface area contributed by atoms with E-state index in [-0.39, 0.29) is 0 Å². The van der Waals surface area contributed by atoms with Crippen LogP contribution >= 0.6 is 0 Å². The number of carbonyl (C=O) groups is 1. The van der Waals surface area contributed by atoms with Crippen LogP contribution in [0.25, 0.3) is 0 Å². The molecule has 17 heavy (non-hydrogen) atoms. The Bertz CT molecular complexity index is 426. The van der Waals surface area contributed by atoms with E-state index in [1.807, 2.05) is 6.07 Å². The topological polar surface area (TPSA) is 49.3 Å². The Morgan fingerprint density at radius 1 is 1.41 bits per heavy atom. The lowest BCUT2D eigenvalue weighted by Crippen LogP contribution is -2.15. The zero-order valence-corrected chi connectivity index (χ0v) is 9.73. The third-order valence-corrected chi connectivity index (χ3v) is 3.08. The second-order valence-electron chi connectivity index (χ2n) is 4.42. The number of nitrogens with one attached hydrogen (secondary N) is 1. The molecule has 0 bridgehead atoms. The van der Waals surface area contributed by atoms with Crippen molar-refractivity contribution in [1.29, 1.82) is 0 Å². The highest BCUT2D eigenvalue weighted by Crippen LogP contribution is 2.19. The second-order valence-corrected chi connectivity index (χ2v) is 4.42. The minimum atomic E-state index is -0.880. The molecule has 0 saturated heterocycles. The van der Waals surface area contributed by atoms with Gasteiger partial charge in [-0.3, -0.25) is 0 Å². The van der Waals surface area contributed by atoms with Crippen LogP contribution in [0.2, 0.25) is 0 Å². The van der Waals surface area contributed by atoms with E-state index in [1.165, 1.54) is 6.42 Å². The van der Waals surface area contributed by atoms with Crippen molar-refractivity contribution < 1.29 is 9.90 Å². The molecule has 1 unspecified atom stereocenters. The van der Waals surface area contributed by atoms with Gasteiger partial charge in [-0.15, -0.1) is 0 Å². The lowest BCUT2D eigenvalue weighted by atomic mass is 9.94. The summed E-state index contributed by atoms with van der Waals surface area (Å²) in [6.45, 7) is 0.910. The average molecular weight is 231 g/mol. The van der Waals surface area contributed by atoms with Gasteiger partial charge in [-0.2, -0.15) is 0 Å². The molecule has 2 N–H and O–H groups in total. The van der Waals surface area contributed by atoms with E-state index < -0.39 is 5.97 Å². The van der Waals surface area contributed by atoms with Gasteiger partial charge in [-0.05, 0) is 43.4 Å². The van der Waals surface area contributed by atoms with Gasteiger partial charge in [0.25, 0.3) is 0 Å². The quantitative estimate of drug-likeness (QED) is 0.782. The molecule has 1 aromatic carbocycles. The molecule has 0 fully saturated rings. The minimum Gasteiger partial charge on any atom is -0.478 e. The monoisotopic (exact) mass is 231 g/mol. The molecule has 1 atom stereocenters. The van der Waals surface area contributed by atoms with Gasteiger partial charge in [0.1, 0.15) is 0 Å². The van der Waals surface area contributed by atoms with E-state index in [2.05, 4.69) is 17.5 Å². The summed E-state index contributed by atoms with van der Waals surface area (Å²) in [6.07, 6.45) is 7.93. The highest BCUT2D eigenvalue weighted by molar-refractivity contribution is 5.88. The zero-order valence-electron chi connectivity index (χ0n) is 9.73. The zero-order chi connectivity index (χ0) is 12.1. The lowest BCUT2D eigenvalue weighted by molar-refractivity contribution is 0.0697. The Balaban J connectivity index is 1.92. The molecule has 3 heteroatoms. The van der Waals surface area contributed by atoms with Crippen LogP contribution in [-0.2, 0) is 0 Å². The molecule has 3 nitrogen and oxygen atoms in total. The molecule has 1 aromatic rings. The standard InChI is InChI=1S/C14H17NO2/c16-14(17)12-7-4-8-13(9-12)15-10-11-5-2-1-3-6-11/h1-2,4,7-9,11,15H,3,5-6,10H2,(H,16,17). The highest BCUT2D eigenvalue weighted by Gasteiger charge is 2.09. The van der Waals surface area contributed by atoms with Gasteiger partial charge in [0, 0.05) is 12.2 Å². The summed E-state index contributed by atoms with van der Waals surface area (Å²) < 4.78 is 0. The fourth-order valence-corrected chi connectivity index (χ4v) is 2.07. The molecule has 0 aromatic heterocycles. The van der Waals surface area contributed by atoms with Gasteiger partial charge in [0.2, 0.25) is 0 Å². The Kier molecular flexibility index (Phi) is 3.81. The minimum absolute atomic E-state index is 0.332. The van der Waals surface area contributed by atoms with Crippen molar-refractivity contribution in [2.24, 2.45) is 5.92 Å². The number of allylic oxidation sites excluding steroid dienone is 2. The van der Waals surface area contributed by atoms with E-state index in [9.17, 15) is 4.79 Å². The van der Waals surface area contributed by atoms with Crippen LogP contribution in [0.4, 0.5) is 5.69 Å². The normalized spacial score (nSPS) is 18.9. The van der Waals surface area contributed by atoms with Crippen molar-refractivity contribution >= 4 is 11.7 Å². The van der Waals surface area contributed by atoms with Crippen LogP contribution in [-0.4, -0.2) is 17.6 Å². The lowest BCUT2D eigenvalue weighted by Gasteiger charge is -2.18. The summed E-state index contributed by atoms with van der Waals surface area (Å²) in [5, 5.41) is 12.2. The molecular weight excluding hydrogens is 214 g/mol. The Morgan fingerprint density at radius 2 is 2.29 bits per heavy atom. The number of carboxylic acid groups (broad SMARTS) is 1. The first kappa shape index (κ1) is 11.7. The van der Waals surface area contributed by atoms with E-state index in [1.54, 1.807) is 18.2 Å². The maximum absolute atomic E-state index is 10.8. The summed E-state index contributed by atoms with van der Waals surface area (Å²) in [7, 11) is 0. The number of hydrogen-bond donors (Lipinski definition) is 2. The smallest absolute Gasteiger partial charge is 0.335 e. The molecular formula is C14H17NO2. The van der Waals surface area contributed by atoms with Crippen molar-refractivity contribution in [1.82, 2.24) is 0 Å². The fourth-order valence-electron chi connectivity index (χ4n) is 2.07. The predicted octanol–water partition coefficient (Wildman–Crippen LogP) is 3.15. The first-order chi connectivity index (χ1) is 8.25. The molecule has 1 aliphatic rings. The maximum atomic E-state index is 10.8. The number of carboxylic acids is 1. The van der Waals surface area contributed by atoms with Gasteiger partial charge in [-0.1, -0.05) is 18.2 Å². The van der Waals surface area contributed by atoms with Crippen molar-refractivity contribution in [3.8, 4) is 0 Å². The number of rotatable bonds is 4. The second kappa shape index (κ2) is 5.53. The maximum Gasteiger partial charge on any atom is 0.335 e. The van der Waals surface area contributed by atoms with Crippen LogP contribution in [0.5, 0.6) is 0 Å². The van der Waals surface area contributed by atoms with E-state index in [0.29, 0.717) is 11.5 Å². The first-order valence-corrected chi connectivity index (χ1v) is 5.98. The molecule has 0 radical (unpaired) electrons. The molecule has 2 rings (SSSR count). The largest absolute Gasteiger partial charge is 0.478 e. The summed E-state index contributed by atoms with van der Waals surface area (Å²) >= 11 is 0. The molecule has 1 aliphatic carbocycles. The van der Waals surface area contributed by atoms with E-state index in [0.717, 1.165) is 25.1 Å². The van der Waals surface area contributed by atoms with E-state index in [4.69, 9.17) is 5.11 Å². The fraction of sp³-hybridized carbons (Fsp3) is 0.357. The molecule has 0 aliphatic heterocycles. The van der Waals surface area contributed by atoms with Gasteiger partial charge >= 0.3 is 5.97 Å². The molecule has 0 amide bonds. The van der Waals surface area contributed by atoms with E-state index >= 15 is 0 Å². The summed E-state index contributed by atoms with van der Waals surface area (Å²) in [5.41, 5.74) is 1.22. The highest BCUT2D eigenvalue weighted by atomic mass is 16.4. The number of benzene rings is 1. The third-order valence-electron chi connectivity index (χ3n) is 3.08. The predicted molar refractivity (Wildman–Crippen MR) is 68.4 cm³/mol. The summed E-state index contributed by atoms with van der Waals surface area (Å²) in [6, 6.07) is 6.97. The summed E-state index contributed by atoms with van der Waals surface area (Å²) in [5.74, 6) is -0.220. The number of aromatic carboxylic acids is 1. The van der Waals surface area contributed by atoms with Gasteiger partial charge in [0.15, 0.2) is 0 Å². The van der Waals surface area contributed by atoms with Gasteiger partial charge < -0.3 is 10.4 Å². The van der Waals surface area contributed by atoms with Crippen LogP contribution in [0.1, 0.15) is 29.6 Å². The van der Waals surface area contributed by atoms with Gasteiger partial charge in [0.05, 0.1) is 5.56 Å². The van der Waals surface area contributed by atoms with Crippen LogP contribution in [0.15, 0.2) is 36.4 Å². The molecule has 90 valence electrons. The molecule has 0 saturated carbocycles. The third kappa shape index (κ3) is 3.34. The average Bonchev–Trinajstić information content (AvgIpc) is 2.38. The van der Waals surface area contributed by atoms with Crippen molar-refractivity contribution in [3.63, 3.8) is 0 Å². The Hall–Kier alpha value is -1.77. The first-order valence-electron chi connectivity index (χ1n) is 5.98. The molecule has 0 spiro atoms. The number of anilines is 1. The van der Waals surface area contributed by atoms with Crippen molar-refractivity contribution in [2.45, 2.75) is 19.3 Å². The Labute approximate surface area is 101 Å². The Morgan fingerprint density at radius 3 is 3.00 bits per heavy atom.